The molecule has 2 N–H and O–H groups in total. The number of benzene rings is 1. The Labute approximate surface area is 187 Å². The van der Waals surface area contributed by atoms with E-state index in [2.05, 4.69) is 10.6 Å². The summed E-state index contributed by atoms with van der Waals surface area (Å²) in [4.78, 5) is 27.0. The van der Waals surface area contributed by atoms with Gasteiger partial charge in [-0.3, -0.25) is 9.59 Å². The van der Waals surface area contributed by atoms with Gasteiger partial charge >= 0.3 is 0 Å². The number of amides is 2. The smallest absolute Gasteiger partial charge is 0.246 e. The van der Waals surface area contributed by atoms with Crippen LogP contribution in [0.3, 0.4) is 0 Å². The number of ether oxygens (including phenoxy) is 1. The van der Waals surface area contributed by atoms with Crippen LogP contribution in [0, 0.1) is 5.41 Å². The zero-order valence-corrected chi connectivity index (χ0v) is 18.6. The maximum Gasteiger partial charge on any atom is 0.246 e. The van der Waals surface area contributed by atoms with Crippen LogP contribution in [0.1, 0.15) is 38.5 Å². The summed E-state index contributed by atoms with van der Waals surface area (Å²) in [7, 11) is 0. The van der Waals surface area contributed by atoms with E-state index < -0.39 is 5.54 Å². The molecule has 0 unspecified atom stereocenters. The van der Waals surface area contributed by atoms with Crippen LogP contribution in [0.15, 0.2) is 24.3 Å². The molecule has 0 atom stereocenters. The molecule has 8 heteroatoms. The summed E-state index contributed by atoms with van der Waals surface area (Å²) < 4.78 is 5.52. The number of hydrogen-bond acceptors (Lipinski definition) is 4. The van der Waals surface area contributed by atoms with Crippen molar-refractivity contribution in [3.8, 4) is 0 Å². The van der Waals surface area contributed by atoms with Gasteiger partial charge in [-0.05, 0) is 55.4 Å². The molecule has 30 heavy (non-hydrogen) atoms. The zero-order chi connectivity index (χ0) is 21.2. The third-order valence-corrected chi connectivity index (χ3v) is 7.47. The van der Waals surface area contributed by atoms with Gasteiger partial charge in [0.2, 0.25) is 11.8 Å². The number of halogens is 2. The minimum atomic E-state index is -0.662. The van der Waals surface area contributed by atoms with Crippen LogP contribution in [0.2, 0.25) is 5.02 Å². The first-order valence-electron chi connectivity index (χ1n) is 10.7. The predicted octanol–water partition coefficient (Wildman–Crippen LogP) is 3.43. The van der Waals surface area contributed by atoms with Crippen molar-refractivity contribution in [3.63, 3.8) is 0 Å². The van der Waals surface area contributed by atoms with E-state index in [9.17, 15) is 9.59 Å². The molecule has 6 nitrogen and oxygen atoms in total. The predicted molar refractivity (Wildman–Crippen MR) is 118 cm³/mol. The summed E-state index contributed by atoms with van der Waals surface area (Å²) in [6, 6.07) is 7.65. The van der Waals surface area contributed by atoms with Crippen molar-refractivity contribution in [2.75, 3.05) is 37.5 Å². The fourth-order valence-corrected chi connectivity index (χ4v) is 5.37. The first-order chi connectivity index (χ1) is 14.4. The molecule has 0 bridgehead atoms. The Morgan fingerprint density at radius 3 is 2.30 bits per heavy atom. The van der Waals surface area contributed by atoms with Gasteiger partial charge in [-0.1, -0.05) is 11.6 Å². The van der Waals surface area contributed by atoms with Gasteiger partial charge in [0, 0.05) is 55.9 Å². The largest absolute Gasteiger partial charge is 0.381 e. The van der Waals surface area contributed by atoms with Crippen molar-refractivity contribution in [1.29, 1.82) is 0 Å². The zero-order valence-electron chi connectivity index (χ0n) is 17.1. The molecule has 1 saturated carbocycles. The standard InChI is InChI=1S/C22H29Cl2N3O3/c23-15-19(28)27-9-5-21(6-10-27)13-18(14-21)25-20(29)22(7-11-30-12-8-22)26-17-3-1-16(24)2-4-17/h1-4,18,26H,5-15H2,(H,25,29). The maximum atomic E-state index is 13.3. The maximum absolute atomic E-state index is 13.3. The number of alkyl halides is 1. The molecule has 4 rings (SSSR count). The number of nitrogens with zero attached hydrogens (tertiary/aromatic N) is 1. The Kier molecular flexibility index (Phi) is 6.47. The van der Waals surface area contributed by atoms with E-state index in [1.54, 1.807) is 0 Å². The SMILES string of the molecule is O=C(CCl)N1CCC2(CC1)CC(NC(=O)C1(Nc3ccc(Cl)cc3)CCOCC1)C2. The summed E-state index contributed by atoms with van der Waals surface area (Å²) in [5.74, 6) is 0.124. The topological polar surface area (TPSA) is 70.7 Å². The first-order valence-corrected chi connectivity index (χ1v) is 11.6. The molecular formula is C22H29Cl2N3O3. The Morgan fingerprint density at radius 1 is 1.07 bits per heavy atom. The van der Waals surface area contributed by atoms with Gasteiger partial charge in [-0.2, -0.15) is 0 Å². The average molecular weight is 454 g/mol. The minimum absolute atomic E-state index is 0.0189. The molecule has 1 aromatic rings. The number of carbonyl (C=O) groups is 2. The van der Waals surface area contributed by atoms with E-state index in [-0.39, 0.29) is 29.2 Å². The number of piperidine rings is 1. The number of hydrogen-bond donors (Lipinski definition) is 2. The molecule has 3 aliphatic rings. The molecule has 0 radical (unpaired) electrons. The summed E-state index contributed by atoms with van der Waals surface area (Å²) in [5.41, 5.74) is 0.483. The van der Waals surface area contributed by atoms with E-state index >= 15 is 0 Å². The molecule has 1 aliphatic carbocycles. The van der Waals surface area contributed by atoms with Crippen molar-refractivity contribution in [3.05, 3.63) is 29.3 Å². The van der Waals surface area contributed by atoms with Gasteiger partial charge in [-0.15, -0.1) is 11.6 Å². The number of carbonyl (C=O) groups excluding carboxylic acids is 2. The van der Waals surface area contributed by atoms with E-state index in [4.69, 9.17) is 27.9 Å². The summed E-state index contributed by atoms with van der Waals surface area (Å²) >= 11 is 11.7. The molecule has 1 spiro atoms. The molecule has 2 heterocycles. The van der Waals surface area contributed by atoms with Crippen LogP contribution >= 0.6 is 23.2 Å². The van der Waals surface area contributed by atoms with E-state index in [1.807, 2.05) is 29.2 Å². The molecular weight excluding hydrogens is 425 g/mol. The lowest BCUT2D eigenvalue weighted by Crippen LogP contribution is -2.62. The molecule has 3 fully saturated rings. The minimum Gasteiger partial charge on any atom is -0.381 e. The first kappa shape index (κ1) is 21.7. The average Bonchev–Trinajstić information content (AvgIpc) is 2.75. The molecule has 164 valence electrons. The van der Waals surface area contributed by atoms with E-state index in [1.165, 1.54) is 0 Å². The van der Waals surface area contributed by atoms with Crippen molar-refractivity contribution in [2.24, 2.45) is 5.41 Å². The van der Waals surface area contributed by atoms with E-state index in [0.717, 1.165) is 44.5 Å². The fourth-order valence-electron chi connectivity index (χ4n) is 5.07. The Balaban J connectivity index is 1.34. The van der Waals surface area contributed by atoms with Crippen molar-refractivity contribution < 1.29 is 14.3 Å². The lowest BCUT2D eigenvalue weighted by molar-refractivity contribution is -0.134. The van der Waals surface area contributed by atoms with Gasteiger partial charge in [0.1, 0.15) is 11.4 Å². The van der Waals surface area contributed by atoms with Crippen molar-refractivity contribution in [1.82, 2.24) is 10.2 Å². The van der Waals surface area contributed by atoms with Crippen LogP contribution in [-0.2, 0) is 14.3 Å². The third-order valence-electron chi connectivity index (χ3n) is 6.99. The summed E-state index contributed by atoms with van der Waals surface area (Å²) in [5, 5.41) is 7.42. The highest BCUT2D eigenvalue weighted by Crippen LogP contribution is 2.49. The molecule has 0 aromatic heterocycles. The fraction of sp³-hybridized carbons (Fsp3) is 0.636. The Morgan fingerprint density at radius 2 is 1.70 bits per heavy atom. The summed E-state index contributed by atoms with van der Waals surface area (Å²) in [6.07, 6.45) is 5.21. The normalized spacial score (nSPS) is 22.9. The van der Waals surface area contributed by atoms with Gasteiger partial charge in [0.15, 0.2) is 0 Å². The lowest BCUT2D eigenvalue weighted by atomic mass is 9.60. The van der Waals surface area contributed by atoms with Gasteiger partial charge in [-0.25, -0.2) is 0 Å². The highest BCUT2D eigenvalue weighted by atomic mass is 35.5. The van der Waals surface area contributed by atoms with Crippen LogP contribution in [0.25, 0.3) is 0 Å². The molecule has 2 amide bonds. The van der Waals surface area contributed by atoms with Crippen LogP contribution in [0.4, 0.5) is 5.69 Å². The van der Waals surface area contributed by atoms with E-state index in [0.29, 0.717) is 31.1 Å². The quantitative estimate of drug-likeness (QED) is 0.669. The second kappa shape index (κ2) is 8.93. The highest BCUT2D eigenvalue weighted by molar-refractivity contribution is 6.30. The number of rotatable bonds is 5. The van der Waals surface area contributed by atoms with Crippen molar-refractivity contribution >= 4 is 40.7 Å². The van der Waals surface area contributed by atoms with Crippen LogP contribution in [0.5, 0.6) is 0 Å². The second-order valence-corrected chi connectivity index (χ2v) is 9.62. The van der Waals surface area contributed by atoms with Gasteiger partial charge < -0.3 is 20.3 Å². The van der Waals surface area contributed by atoms with Crippen LogP contribution < -0.4 is 10.6 Å². The second-order valence-electron chi connectivity index (χ2n) is 8.92. The number of nitrogens with one attached hydrogen (secondary N) is 2. The molecule has 2 aliphatic heterocycles. The van der Waals surface area contributed by atoms with Crippen molar-refractivity contribution in [2.45, 2.75) is 50.1 Å². The van der Waals surface area contributed by atoms with Crippen LogP contribution in [-0.4, -0.2) is 60.5 Å². The lowest BCUT2D eigenvalue weighted by Gasteiger charge is -2.53. The number of likely N-dealkylation sites (tertiary alicyclic amines) is 1. The highest BCUT2D eigenvalue weighted by Gasteiger charge is 2.49. The third kappa shape index (κ3) is 4.56. The monoisotopic (exact) mass is 453 g/mol. The molecule has 1 aromatic carbocycles. The Hall–Kier alpha value is -1.50. The Bertz CT molecular complexity index is 764. The summed E-state index contributed by atoms with van der Waals surface area (Å²) in [6.45, 7) is 2.66. The number of anilines is 1. The van der Waals surface area contributed by atoms with Gasteiger partial charge in [0.05, 0.1) is 0 Å². The molecule has 2 saturated heterocycles. The van der Waals surface area contributed by atoms with Gasteiger partial charge in [0.25, 0.3) is 0 Å².